The normalized spacial score (nSPS) is 20.0. The van der Waals surface area contributed by atoms with E-state index in [1.54, 1.807) is 13.8 Å². The van der Waals surface area contributed by atoms with Crippen LogP contribution in [0.1, 0.15) is 43.9 Å². The molecule has 184 valence electrons. The molecule has 0 aromatic heterocycles. The minimum atomic E-state index is -0.348. The molecule has 0 spiro atoms. The SMILES string of the molecule is CCOC(=O)CC1CN(Cc2ccccc2)C[C@@H](CC(=O)OCC)N1[C@H](CO)c1ccccc1. The number of nitrogens with zero attached hydrogens (tertiary/aromatic N) is 2. The Hall–Kier alpha value is -2.74. The number of rotatable bonds is 11. The van der Waals surface area contributed by atoms with Gasteiger partial charge in [0, 0.05) is 31.7 Å². The molecule has 3 atom stereocenters. The average Bonchev–Trinajstić information content (AvgIpc) is 2.83. The summed E-state index contributed by atoms with van der Waals surface area (Å²) in [6.07, 6.45) is 0.365. The first-order valence-electron chi connectivity index (χ1n) is 12.1. The fourth-order valence-electron chi connectivity index (χ4n) is 4.85. The third-order valence-corrected chi connectivity index (χ3v) is 6.16. The number of piperazine rings is 1. The van der Waals surface area contributed by atoms with Gasteiger partial charge in [-0.15, -0.1) is 0 Å². The predicted molar refractivity (Wildman–Crippen MR) is 130 cm³/mol. The third-order valence-electron chi connectivity index (χ3n) is 6.16. The van der Waals surface area contributed by atoms with Crippen LogP contribution in [0.5, 0.6) is 0 Å². The Balaban J connectivity index is 1.94. The zero-order chi connectivity index (χ0) is 24.3. The highest BCUT2D eigenvalue weighted by molar-refractivity contribution is 5.71. The highest BCUT2D eigenvalue weighted by atomic mass is 16.5. The van der Waals surface area contributed by atoms with E-state index in [2.05, 4.69) is 21.9 Å². The van der Waals surface area contributed by atoms with Crippen molar-refractivity contribution in [1.29, 1.82) is 0 Å². The molecule has 2 aromatic carbocycles. The lowest BCUT2D eigenvalue weighted by Crippen LogP contribution is -2.60. The number of esters is 2. The Morgan fingerprint density at radius 3 is 1.85 bits per heavy atom. The van der Waals surface area contributed by atoms with Crippen LogP contribution in [0.4, 0.5) is 0 Å². The molecule has 3 rings (SSSR count). The minimum absolute atomic E-state index is 0.124. The van der Waals surface area contributed by atoms with Crippen LogP contribution in [0.2, 0.25) is 0 Å². The van der Waals surface area contributed by atoms with E-state index in [1.807, 2.05) is 48.5 Å². The van der Waals surface area contributed by atoms with Crippen molar-refractivity contribution in [3.8, 4) is 0 Å². The molecule has 0 bridgehead atoms. The molecule has 34 heavy (non-hydrogen) atoms. The van der Waals surface area contributed by atoms with Crippen LogP contribution in [0.3, 0.4) is 0 Å². The zero-order valence-electron chi connectivity index (χ0n) is 20.1. The molecule has 7 nitrogen and oxygen atoms in total. The molecule has 1 aliphatic heterocycles. The maximum Gasteiger partial charge on any atom is 0.307 e. The number of benzene rings is 2. The molecule has 0 aliphatic carbocycles. The van der Waals surface area contributed by atoms with Crippen LogP contribution in [-0.2, 0) is 25.6 Å². The predicted octanol–water partition coefficient (Wildman–Crippen LogP) is 3.18. The topological polar surface area (TPSA) is 79.3 Å². The molecule has 1 unspecified atom stereocenters. The van der Waals surface area contributed by atoms with Crippen molar-refractivity contribution in [2.75, 3.05) is 32.9 Å². The summed E-state index contributed by atoms with van der Waals surface area (Å²) in [6, 6.07) is 19.1. The van der Waals surface area contributed by atoms with E-state index in [9.17, 15) is 14.7 Å². The Labute approximate surface area is 202 Å². The van der Waals surface area contributed by atoms with Crippen LogP contribution in [0.15, 0.2) is 60.7 Å². The summed E-state index contributed by atoms with van der Waals surface area (Å²) in [5.41, 5.74) is 2.12. The molecule has 7 heteroatoms. The first kappa shape index (κ1) is 25.9. The summed E-state index contributed by atoms with van der Waals surface area (Å²) in [5.74, 6) is -0.558. The smallest absolute Gasteiger partial charge is 0.307 e. The summed E-state index contributed by atoms with van der Waals surface area (Å²) in [6.45, 7) is 6.04. The third kappa shape index (κ3) is 7.13. The summed E-state index contributed by atoms with van der Waals surface area (Å²) in [4.78, 5) is 29.6. The van der Waals surface area contributed by atoms with Crippen LogP contribution >= 0.6 is 0 Å². The number of hydrogen-bond acceptors (Lipinski definition) is 7. The van der Waals surface area contributed by atoms with Gasteiger partial charge in [0.25, 0.3) is 0 Å². The van der Waals surface area contributed by atoms with Gasteiger partial charge < -0.3 is 14.6 Å². The molecule has 1 aliphatic rings. The standard InChI is InChI=1S/C27H36N2O5/c1-3-33-26(31)15-23-18-28(17-21-11-7-5-8-12-21)19-24(16-27(32)34-4-2)29(23)25(20-30)22-13-9-6-10-14-22/h5-14,23-25,30H,3-4,15-20H2,1-2H3/t23-,24?,25-/m1/s1. The van der Waals surface area contributed by atoms with E-state index >= 15 is 0 Å². The highest BCUT2D eigenvalue weighted by Crippen LogP contribution is 2.32. The average molecular weight is 469 g/mol. The molecule has 0 amide bonds. The van der Waals surface area contributed by atoms with Crippen LogP contribution in [0, 0.1) is 0 Å². The van der Waals surface area contributed by atoms with E-state index in [0.717, 1.165) is 5.56 Å². The van der Waals surface area contributed by atoms with Gasteiger partial charge in [-0.2, -0.15) is 0 Å². The zero-order valence-corrected chi connectivity index (χ0v) is 20.1. The number of aliphatic hydroxyl groups is 1. The van der Waals surface area contributed by atoms with Crippen molar-refractivity contribution < 1.29 is 24.2 Å². The van der Waals surface area contributed by atoms with Gasteiger partial charge in [0.15, 0.2) is 0 Å². The Bertz CT molecular complexity index is 862. The molecular formula is C27H36N2O5. The lowest BCUT2D eigenvalue weighted by Gasteiger charge is -2.49. The Kier molecular flexibility index (Phi) is 10.1. The maximum atomic E-state index is 12.6. The van der Waals surface area contributed by atoms with E-state index in [1.165, 1.54) is 5.56 Å². The summed E-state index contributed by atoms with van der Waals surface area (Å²) < 4.78 is 10.6. The number of ether oxygens (including phenoxy) is 2. The fourth-order valence-corrected chi connectivity index (χ4v) is 4.85. The van der Waals surface area contributed by atoms with E-state index in [-0.39, 0.29) is 49.5 Å². The van der Waals surface area contributed by atoms with Gasteiger partial charge in [0.1, 0.15) is 0 Å². The molecule has 1 fully saturated rings. The quantitative estimate of drug-likeness (QED) is 0.508. The van der Waals surface area contributed by atoms with Crippen molar-refractivity contribution in [2.45, 2.75) is 51.4 Å². The number of carbonyl (C=O) groups excluding carboxylic acids is 2. The molecule has 1 saturated heterocycles. The Morgan fingerprint density at radius 1 is 0.882 bits per heavy atom. The lowest BCUT2D eigenvalue weighted by atomic mass is 9.94. The van der Waals surface area contributed by atoms with Crippen molar-refractivity contribution >= 4 is 11.9 Å². The van der Waals surface area contributed by atoms with Gasteiger partial charge in [-0.3, -0.25) is 19.4 Å². The van der Waals surface area contributed by atoms with Gasteiger partial charge in [-0.1, -0.05) is 60.7 Å². The van der Waals surface area contributed by atoms with Gasteiger partial charge in [0.05, 0.1) is 38.7 Å². The second-order valence-electron chi connectivity index (χ2n) is 8.56. The molecule has 0 radical (unpaired) electrons. The molecule has 1 heterocycles. The molecular weight excluding hydrogens is 432 g/mol. The van der Waals surface area contributed by atoms with Crippen molar-refractivity contribution in [3.05, 3.63) is 71.8 Å². The van der Waals surface area contributed by atoms with E-state index in [4.69, 9.17) is 9.47 Å². The summed E-state index contributed by atoms with van der Waals surface area (Å²) in [7, 11) is 0. The number of hydrogen-bond donors (Lipinski definition) is 1. The van der Waals surface area contributed by atoms with Crippen molar-refractivity contribution in [3.63, 3.8) is 0 Å². The van der Waals surface area contributed by atoms with Crippen LogP contribution < -0.4 is 0 Å². The highest BCUT2D eigenvalue weighted by Gasteiger charge is 2.41. The Morgan fingerprint density at radius 2 is 1.38 bits per heavy atom. The van der Waals surface area contributed by atoms with E-state index < -0.39 is 0 Å². The van der Waals surface area contributed by atoms with Gasteiger partial charge in [-0.05, 0) is 25.0 Å². The van der Waals surface area contributed by atoms with Crippen LogP contribution in [0.25, 0.3) is 0 Å². The van der Waals surface area contributed by atoms with Gasteiger partial charge in [0.2, 0.25) is 0 Å². The summed E-state index contributed by atoms with van der Waals surface area (Å²) >= 11 is 0. The molecule has 0 saturated carbocycles. The van der Waals surface area contributed by atoms with Gasteiger partial charge in [-0.25, -0.2) is 0 Å². The molecule has 2 aromatic rings. The summed E-state index contributed by atoms with van der Waals surface area (Å²) in [5, 5.41) is 10.5. The number of carbonyl (C=O) groups is 2. The second-order valence-corrected chi connectivity index (χ2v) is 8.56. The molecule has 1 N–H and O–H groups in total. The number of aliphatic hydroxyl groups excluding tert-OH is 1. The first-order chi connectivity index (χ1) is 16.5. The lowest BCUT2D eigenvalue weighted by molar-refractivity contribution is -0.149. The van der Waals surface area contributed by atoms with E-state index in [0.29, 0.717) is 32.8 Å². The monoisotopic (exact) mass is 468 g/mol. The fraction of sp³-hybridized carbons (Fsp3) is 0.481. The maximum absolute atomic E-state index is 12.6. The van der Waals surface area contributed by atoms with Crippen molar-refractivity contribution in [1.82, 2.24) is 9.80 Å². The minimum Gasteiger partial charge on any atom is -0.466 e. The largest absolute Gasteiger partial charge is 0.466 e. The van der Waals surface area contributed by atoms with Crippen LogP contribution in [-0.4, -0.2) is 71.8 Å². The second kappa shape index (κ2) is 13.2. The van der Waals surface area contributed by atoms with Crippen molar-refractivity contribution in [2.24, 2.45) is 0 Å². The first-order valence-corrected chi connectivity index (χ1v) is 12.1. The van der Waals surface area contributed by atoms with Gasteiger partial charge >= 0.3 is 11.9 Å².